The average Bonchev–Trinajstić information content (AvgIpc) is 2.06. The van der Waals surface area contributed by atoms with Crippen molar-refractivity contribution in [2.75, 3.05) is 13.2 Å². The Bertz CT molecular complexity index is 119. The second-order valence-electron chi connectivity index (χ2n) is 4.13. The fourth-order valence-corrected chi connectivity index (χ4v) is 1.72. The summed E-state index contributed by atoms with van der Waals surface area (Å²) in [5, 5.41) is 0. The van der Waals surface area contributed by atoms with Crippen molar-refractivity contribution < 1.29 is 4.74 Å². The molecule has 72 valence electrons. The van der Waals surface area contributed by atoms with Gasteiger partial charge in [-0.05, 0) is 38.0 Å². The molecule has 1 heterocycles. The Hall–Kier alpha value is -0.0800. The van der Waals surface area contributed by atoms with Crippen LogP contribution in [0.2, 0.25) is 0 Å². The number of nitrogens with two attached hydrogens (primary N) is 1. The molecule has 1 aliphatic heterocycles. The van der Waals surface area contributed by atoms with E-state index in [0.717, 1.165) is 19.1 Å². The van der Waals surface area contributed by atoms with Crippen molar-refractivity contribution in [1.82, 2.24) is 0 Å². The van der Waals surface area contributed by atoms with Crippen LogP contribution in [0.15, 0.2) is 0 Å². The van der Waals surface area contributed by atoms with Gasteiger partial charge in [0, 0.05) is 19.3 Å². The first-order valence-electron chi connectivity index (χ1n) is 5.03. The zero-order valence-corrected chi connectivity index (χ0v) is 8.25. The number of hydrogen-bond acceptors (Lipinski definition) is 2. The maximum Gasteiger partial charge on any atom is 0.0468 e. The summed E-state index contributed by atoms with van der Waals surface area (Å²) < 4.78 is 5.31. The van der Waals surface area contributed by atoms with E-state index in [1.807, 2.05) is 0 Å². The Labute approximate surface area is 75.5 Å². The zero-order chi connectivity index (χ0) is 8.97. The molecule has 0 aromatic rings. The van der Waals surface area contributed by atoms with Crippen LogP contribution in [0.1, 0.15) is 33.1 Å². The topological polar surface area (TPSA) is 35.2 Å². The van der Waals surface area contributed by atoms with Crippen molar-refractivity contribution in [1.29, 1.82) is 0 Å². The van der Waals surface area contributed by atoms with Gasteiger partial charge in [-0.2, -0.15) is 0 Å². The van der Waals surface area contributed by atoms with Crippen molar-refractivity contribution in [2.45, 2.75) is 39.2 Å². The van der Waals surface area contributed by atoms with Crippen LogP contribution in [0.25, 0.3) is 0 Å². The fourth-order valence-electron chi connectivity index (χ4n) is 1.72. The van der Waals surface area contributed by atoms with Crippen LogP contribution in [-0.4, -0.2) is 19.3 Å². The van der Waals surface area contributed by atoms with Crippen molar-refractivity contribution in [3.8, 4) is 0 Å². The summed E-state index contributed by atoms with van der Waals surface area (Å²) in [6.45, 7) is 6.26. The third kappa shape index (κ3) is 3.11. The molecule has 1 aliphatic rings. The first-order chi connectivity index (χ1) is 5.70. The molecule has 1 saturated heterocycles. The summed E-state index contributed by atoms with van der Waals surface area (Å²) in [4.78, 5) is 0. The summed E-state index contributed by atoms with van der Waals surface area (Å²) >= 11 is 0. The number of hydrogen-bond donors (Lipinski definition) is 1. The van der Waals surface area contributed by atoms with Gasteiger partial charge in [-0.1, -0.05) is 6.92 Å². The monoisotopic (exact) mass is 171 g/mol. The van der Waals surface area contributed by atoms with E-state index in [1.165, 1.54) is 19.3 Å². The number of ether oxygens (including phenoxy) is 1. The number of rotatable bonds is 3. The van der Waals surface area contributed by atoms with Crippen LogP contribution >= 0.6 is 0 Å². The van der Waals surface area contributed by atoms with E-state index >= 15 is 0 Å². The summed E-state index contributed by atoms with van der Waals surface area (Å²) in [5.41, 5.74) is 5.82. The normalized spacial score (nSPS) is 25.2. The highest BCUT2D eigenvalue weighted by atomic mass is 16.5. The van der Waals surface area contributed by atoms with Gasteiger partial charge in [0.2, 0.25) is 0 Å². The predicted octanol–water partition coefficient (Wildman–Crippen LogP) is 1.79. The van der Waals surface area contributed by atoms with Gasteiger partial charge in [0.1, 0.15) is 0 Å². The van der Waals surface area contributed by atoms with Crippen LogP contribution in [0, 0.1) is 11.8 Å². The van der Waals surface area contributed by atoms with Gasteiger partial charge < -0.3 is 10.5 Å². The van der Waals surface area contributed by atoms with Gasteiger partial charge in [0.05, 0.1) is 0 Å². The molecule has 0 saturated carbocycles. The lowest BCUT2D eigenvalue weighted by Crippen LogP contribution is -2.28. The van der Waals surface area contributed by atoms with Crippen LogP contribution in [-0.2, 0) is 4.74 Å². The molecule has 2 heteroatoms. The molecule has 0 aromatic heterocycles. The Kier molecular flexibility index (Phi) is 4.02. The van der Waals surface area contributed by atoms with Crippen LogP contribution < -0.4 is 5.73 Å². The van der Waals surface area contributed by atoms with E-state index in [4.69, 9.17) is 10.5 Å². The first-order valence-corrected chi connectivity index (χ1v) is 5.03. The van der Waals surface area contributed by atoms with Gasteiger partial charge in [-0.25, -0.2) is 0 Å². The average molecular weight is 171 g/mol. The zero-order valence-electron chi connectivity index (χ0n) is 8.25. The molecule has 12 heavy (non-hydrogen) atoms. The van der Waals surface area contributed by atoms with Crippen LogP contribution in [0.5, 0.6) is 0 Å². The molecule has 2 N–H and O–H groups in total. The Morgan fingerprint density at radius 3 is 2.42 bits per heavy atom. The smallest absolute Gasteiger partial charge is 0.0468 e. The minimum atomic E-state index is 0.341. The molecule has 1 rings (SSSR count). The van der Waals surface area contributed by atoms with Crippen molar-refractivity contribution in [2.24, 2.45) is 17.6 Å². The van der Waals surface area contributed by atoms with Crippen LogP contribution in [0.3, 0.4) is 0 Å². The van der Waals surface area contributed by atoms with E-state index in [-0.39, 0.29) is 0 Å². The molecular formula is C10H21NO. The van der Waals surface area contributed by atoms with Crippen LogP contribution in [0.4, 0.5) is 0 Å². The van der Waals surface area contributed by atoms with Gasteiger partial charge in [-0.3, -0.25) is 0 Å². The lowest BCUT2D eigenvalue weighted by Gasteiger charge is -2.26. The molecule has 0 aliphatic carbocycles. The van der Waals surface area contributed by atoms with Crippen molar-refractivity contribution in [3.05, 3.63) is 0 Å². The Morgan fingerprint density at radius 1 is 1.33 bits per heavy atom. The molecule has 0 amide bonds. The third-order valence-corrected chi connectivity index (χ3v) is 2.94. The Morgan fingerprint density at radius 2 is 1.92 bits per heavy atom. The van der Waals surface area contributed by atoms with Crippen molar-refractivity contribution in [3.63, 3.8) is 0 Å². The Balaban J connectivity index is 2.20. The predicted molar refractivity (Wildman–Crippen MR) is 51.0 cm³/mol. The molecule has 0 spiro atoms. The third-order valence-electron chi connectivity index (χ3n) is 2.94. The largest absolute Gasteiger partial charge is 0.381 e. The highest BCUT2D eigenvalue weighted by Gasteiger charge is 2.18. The molecule has 2 unspecified atom stereocenters. The summed E-state index contributed by atoms with van der Waals surface area (Å²) in [6.07, 6.45) is 3.75. The standard InChI is InChI=1S/C10H21NO/c1-8(9(2)11)7-10-3-5-12-6-4-10/h8-10H,3-7,11H2,1-2H3. The molecule has 0 aromatic carbocycles. The summed E-state index contributed by atoms with van der Waals surface area (Å²) in [7, 11) is 0. The molecule has 2 atom stereocenters. The lowest BCUT2D eigenvalue weighted by molar-refractivity contribution is 0.0584. The molecule has 1 fully saturated rings. The molecule has 2 nitrogen and oxygen atoms in total. The molecule has 0 radical (unpaired) electrons. The summed E-state index contributed by atoms with van der Waals surface area (Å²) in [5.74, 6) is 1.52. The molecule has 0 bridgehead atoms. The van der Waals surface area contributed by atoms with Crippen molar-refractivity contribution >= 4 is 0 Å². The second kappa shape index (κ2) is 4.83. The fraction of sp³-hybridized carbons (Fsp3) is 1.00. The maximum atomic E-state index is 5.82. The minimum absolute atomic E-state index is 0.341. The first kappa shape index (κ1) is 10.0. The SMILES string of the molecule is CC(N)C(C)CC1CCOCC1. The van der Waals surface area contributed by atoms with E-state index in [9.17, 15) is 0 Å². The minimum Gasteiger partial charge on any atom is -0.381 e. The van der Waals surface area contributed by atoms with Gasteiger partial charge in [0.15, 0.2) is 0 Å². The lowest BCUT2D eigenvalue weighted by atomic mass is 9.87. The highest BCUT2D eigenvalue weighted by Crippen LogP contribution is 2.23. The second-order valence-corrected chi connectivity index (χ2v) is 4.13. The van der Waals surface area contributed by atoms with E-state index in [2.05, 4.69) is 13.8 Å². The van der Waals surface area contributed by atoms with E-state index < -0.39 is 0 Å². The summed E-state index contributed by atoms with van der Waals surface area (Å²) in [6, 6.07) is 0.341. The maximum absolute atomic E-state index is 5.82. The van der Waals surface area contributed by atoms with E-state index in [1.54, 1.807) is 0 Å². The molecular weight excluding hydrogens is 150 g/mol. The quantitative estimate of drug-likeness (QED) is 0.702. The van der Waals surface area contributed by atoms with Gasteiger partial charge >= 0.3 is 0 Å². The highest BCUT2D eigenvalue weighted by molar-refractivity contribution is 4.71. The van der Waals surface area contributed by atoms with Gasteiger partial charge in [-0.15, -0.1) is 0 Å². The van der Waals surface area contributed by atoms with E-state index in [0.29, 0.717) is 12.0 Å². The van der Waals surface area contributed by atoms with Gasteiger partial charge in [0.25, 0.3) is 0 Å².